The van der Waals surface area contributed by atoms with Gasteiger partial charge in [0.1, 0.15) is 11.6 Å². The molecule has 0 atom stereocenters. The number of aryl methyl sites for hydroxylation is 1. The zero-order valence-corrected chi connectivity index (χ0v) is 11.6. The summed E-state index contributed by atoms with van der Waals surface area (Å²) in [5.74, 6) is 2.55. The number of hydrogen-bond acceptors (Lipinski definition) is 5. The van der Waals surface area contributed by atoms with E-state index < -0.39 is 0 Å². The summed E-state index contributed by atoms with van der Waals surface area (Å²) < 4.78 is 2.27. The van der Waals surface area contributed by atoms with Gasteiger partial charge in [-0.15, -0.1) is 10.2 Å². The van der Waals surface area contributed by atoms with E-state index in [1.165, 1.54) is 24.8 Å². The van der Waals surface area contributed by atoms with Gasteiger partial charge in [0.25, 0.3) is 0 Å². The Morgan fingerprint density at radius 3 is 3.11 bits per heavy atom. The third-order valence-corrected chi connectivity index (χ3v) is 4.33. The van der Waals surface area contributed by atoms with Gasteiger partial charge in [0.15, 0.2) is 5.16 Å². The minimum atomic E-state index is 0.568. The Morgan fingerprint density at radius 1 is 1.26 bits per heavy atom. The molecule has 19 heavy (non-hydrogen) atoms. The largest absolute Gasteiger partial charge is 0.384 e. The smallest absolute Gasteiger partial charge is 0.191 e. The van der Waals surface area contributed by atoms with Crippen LogP contribution < -0.4 is 5.73 Å². The first kappa shape index (κ1) is 12.5. The van der Waals surface area contributed by atoms with E-state index in [1.54, 1.807) is 18.0 Å². The number of anilines is 1. The standard InChI is InChI=1S/C13H17N5S/c14-11-8-10(5-6-15-11)9-19-13-17-16-12-4-2-1-3-7-18(12)13/h5-6,8H,1-4,7,9H2,(H2,14,15). The van der Waals surface area contributed by atoms with Crippen LogP contribution in [0.4, 0.5) is 5.82 Å². The van der Waals surface area contributed by atoms with Crippen LogP contribution in [0.2, 0.25) is 0 Å². The van der Waals surface area contributed by atoms with E-state index in [4.69, 9.17) is 5.73 Å². The number of rotatable bonds is 3. The van der Waals surface area contributed by atoms with E-state index in [2.05, 4.69) is 19.7 Å². The topological polar surface area (TPSA) is 69.6 Å². The SMILES string of the molecule is Nc1cc(CSc2nnc3n2CCCCC3)ccn1. The second-order valence-electron chi connectivity index (χ2n) is 4.74. The van der Waals surface area contributed by atoms with Crippen LogP contribution in [0.5, 0.6) is 0 Å². The lowest BCUT2D eigenvalue weighted by Gasteiger charge is -2.06. The Balaban J connectivity index is 1.72. The Morgan fingerprint density at radius 2 is 2.21 bits per heavy atom. The Kier molecular flexibility index (Phi) is 3.68. The summed E-state index contributed by atoms with van der Waals surface area (Å²) in [7, 11) is 0. The lowest BCUT2D eigenvalue weighted by molar-refractivity contribution is 0.591. The van der Waals surface area contributed by atoms with Gasteiger partial charge in [-0.3, -0.25) is 0 Å². The lowest BCUT2D eigenvalue weighted by atomic mass is 10.2. The van der Waals surface area contributed by atoms with E-state index >= 15 is 0 Å². The van der Waals surface area contributed by atoms with E-state index in [1.807, 2.05) is 12.1 Å². The van der Waals surface area contributed by atoms with Crippen molar-refractivity contribution in [3.8, 4) is 0 Å². The van der Waals surface area contributed by atoms with E-state index in [9.17, 15) is 0 Å². The predicted molar refractivity (Wildman–Crippen MR) is 75.8 cm³/mol. The first-order valence-electron chi connectivity index (χ1n) is 6.58. The molecule has 0 radical (unpaired) electrons. The average Bonchev–Trinajstić information content (AvgIpc) is 2.64. The third-order valence-electron chi connectivity index (χ3n) is 3.29. The minimum Gasteiger partial charge on any atom is -0.384 e. The van der Waals surface area contributed by atoms with Crippen molar-refractivity contribution >= 4 is 17.6 Å². The highest BCUT2D eigenvalue weighted by Crippen LogP contribution is 2.24. The molecule has 2 N–H and O–H groups in total. The molecule has 0 bridgehead atoms. The molecule has 0 fully saturated rings. The Labute approximate surface area is 116 Å². The van der Waals surface area contributed by atoms with Gasteiger partial charge in [-0.2, -0.15) is 0 Å². The summed E-state index contributed by atoms with van der Waals surface area (Å²) in [5.41, 5.74) is 6.86. The van der Waals surface area contributed by atoms with E-state index in [-0.39, 0.29) is 0 Å². The van der Waals surface area contributed by atoms with Crippen molar-refractivity contribution in [3.63, 3.8) is 0 Å². The first-order chi connectivity index (χ1) is 9.33. The van der Waals surface area contributed by atoms with E-state index in [0.717, 1.165) is 29.7 Å². The highest BCUT2D eigenvalue weighted by Gasteiger charge is 2.14. The number of pyridine rings is 1. The van der Waals surface area contributed by atoms with Crippen molar-refractivity contribution in [3.05, 3.63) is 29.7 Å². The normalized spacial score (nSPS) is 14.9. The molecule has 2 aromatic heterocycles. The molecule has 6 heteroatoms. The van der Waals surface area contributed by atoms with Gasteiger partial charge >= 0.3 is 0 Å². The van der Waals surface area contributed by atoms with Crippen molar-refractivity contribution in [2.45, 2.75) is 43.1 Å². The van der Waals surface area contributed by atoms with Gasteiger partial charge in [-0.25, -0.2) is 4.98 Å². The highest BCUT2D eigenvalue weighted by molar-refractivity contribution is 7.98. The molecule has 0 spiro atoms. The van der Waals surface area contributed by atoms with Gasteiger partial charge in [0, 0.05) is 24.9 Å². The monoisotopic (exact) mass is 275 g/mol. The van der Waals surface area contributed by atoms with Crippen LogP contribution >= 0.6 is 11.8 Å². The molecule has 0 aliphatic carbocycles. The summed E-state index contributed by atoms with van der Waals surface area (Å²) in [6, 6.07) is 3.90. The highest BCUT2D eigenvalue weighted by atomic mass is 32.2. The average molecular weight is 275 g/mol. The maximum atomic E-state index is 5.69. The van der Waals surface area contributed by atoms with Crippen LogP contribution in [0.25, 0.3) is 0 Å². The van der Waals surface area contributed by atoms with Gasteiger partial charge in [-0.1, -0.05) is 18.2 Å². The van der Waals surface area contributed by atoms with Gasteiger partial charge < -0.3 is 10.3 Å². The molecular formula is C13H17N5S. The minimum absolute atomic E-state index is 0.568. The summed E-state index contributed by atoms with van der Waals surface area (Å²) >= 11 is 1.72. The molecule has 3 heterocycles. The molecule has 2 aromatic rings. The summed E-state index contributed by atoms with van der Waals surface area (Å²) in [6.07, 6.45) is 6.53. The predicted octanol–water partition coefficient (Wildman–Crippen LogP) is 2.27. The molecular weight excluding hydrogens is 258 g/mol. The van der Waals surface area contributed by atoms with Crippen LogP contribution in [0.1, 0.15) is 30.7 Å². The summed E-state index contributed by atoms with van der Waals surface area (Å²) in [6.45, 7) is 1.04. The zero-order valence-electron chi connectivity index (χ0n) is 10.7. The first-order valence-corrected chi connectivity index (χ1v) is 7.57. The molecule has 0 unspecified atom stereocenters. The van der Waals surface area contributed by atoms with Crippen LogP contribution in [0, 0.1) is 0 Å². The fourth-order valence-electron chi connectivity index (χ4n) is 2.30. The molecule has 0 saturated carbocycles. The number of nitrogens with two attached hydrogens (primary N) is 1. The Bertz CT molecular complexity index is 566. The van der Waals surface area contributed by atoms with E-state index in [0.29, 0.717) is 5.82 Å². The number of aromatic nitrogens is 4. The van der Waals surface area contributed by atoms with Crippen molar-refractivity contribution in [1.29, 1.82) is 0 Å². The van der Waals surface area contributed by atoms with Crippen LogP contribution in [0.15, 0.2) is 23.5 Å². The van der Waals surface area contributed by atoms with Crippen LogP contribution in [-0.2, 0) is 18.7 Å². The summed E-state index contributed by atoms with van der Waals surface area (Å²) in [5, 5.41) is 9.63. The number of nitrogens with zero attached hydrogens (tertiary/aromatic N) is 4. The van der Waals surface area contributed by atoms with Crippen molar-refractivity contribution in [1.82, 2.24) is 19.7 Å². The van der Waals surface area contributed by atoms with Crippen LogP contribution in [-0.4, -0.2) is 19.7 Å². The molecule has 0 amide bonds. The van der Waals surface area contributed by atoms with Crippen molar-refractivity contribution in [2.24, 2.45) is 0 Å². The van der Waals surface area contributed by atoms with Crippen LogP contribution in [0.3, 0.4) is 0 Å². The molecule has 5 nitrogen and oxygen atoms in total. The molecule has 3 rings (SSSR count). The molecule has 1 aliphatic heterocycles. The zero-order chi connectivity index (χ0) is 13.1. The second-order valence-corrected chi connectivity index (χ2v) is 5.68. The second kappa shape index (κ2) is 5.61. The van der Waals surface area contributed by atoms with Crippen molar-refractivity contribution < 1.29 is 0 Å². The number of fused-ring (bicyclic) bond motifs is 1. The number of hydrogen-bond donors (Lipinski definition) is 1. The fraction of sp³-hybridized carbons (Fsp3) is 0.462. The van der Waals surface area contributed by atoms with Gasteiger partial charge in [0.2, 0.25) is 0 Å². The fourth-order valence-corrected chi connectivity index (χ4v) is 3.22. The molecule has 100 valence electrons. The lowest BCUT2D eigenvalue weighted by Crippen LogP contribution is -2.02. The molecule has 0 saturated heterocycles. The Hall–Kier alpha value is -1.56. The maximum absolute atomic E-state index is 5.69. The van der Waals surface area contributed by atoms with Crippen molar-refractivity contribution in [2.75, 3.05) is 5.73 Å². The molecule has 1 aliphatic rings. The summed E-state index contributed by atoms with van der Waals surface area (Å²) in [4.78, 5) is 4.00. The third kappa shape index (κ3) is 2.89. The van der Waals surface area contributed by atoms with Gasteiger partial charge in [-0.05, 0) is 30.5 Å². The number of thioether (sulfide) groups is 1. The maximum Gasteiger partial charge on any atom is 0.191 e. The quantitative estimate of drug-likeness (QED) is 0.870. The number of nitrogen functional groups attached to an aromatic ring is 1. The van der Waals surface area contributed by atoms with Gasteiger partial charge in [0.05, 0.1) is 0 Å². The molecule has 0 aromatic carbocycles.